The van der Waals surface area contributed by atoms with Crippen molar-refractivity contribution < 1.29 is 19.1 Å². The molecule has 5 nitrogen and oxygen atoms in total. The molecule has 0 fully saturated rings. The standard InChI is InChI=1S/C17H16BrNO4/c1-22-15-8-4-13(5-9-15)17(21)23-11-16(20)19-10-12-2-6-14(18)7-3-12/h2-9H,10-11H2,1H3,(H,19,20). The van der Waals surface area contributed by atoms with Gasteiger partial charge in [0.25, 0.3) is 5.91 Å². The SMILES string of the molecule is COc1ccc(C(=O)OCC(=O)NCc2ccc(Br)cc2)cc1. The first kappa shape index (κ1) is 17.0. The molecule has 0 aliphatic carbocycles. The van der Waals surface area contributed by atoms with E-state index in [1.807, 2.05) is 24.3 Å². The van der Waals surface area contributed by atoms with Crippen LogP contribution in [-0.4, -0.2) is 25.6 Å². The van der Waals surface area contributed by atoms with Crippen LogP contribution in [0.25, 0.3) is 0 Å². The zero-order valence-electron chi connectivity index (χ0n) is 12.5. The second-order valence-electron chi connectivity index (χ2n) is 4.71. The molecule has 120 valence electrons. The van der Waals surface area contributed by atoms with Crippen molar-refractivity contribution in [3.8, 4) is 5.75 Å². The maximum atomic E-state index is 11.8. The van der Waals surface area contributed by atoms with Crippen LogP contribution in [0.2, 0.25) is 0 Å². The van der Waals surface area contributed by atoms with Crippen LogP contribution < -0.4 is 10.1 Å². The highest BCUT2D eigenvalue weighted by molar-refractivity contribution is 9.10. The third kappa shape index (κ3) is 5.41. The molecule has 2 aromatic rings. The van der Waals surface area contributed by atoms with E-state index in [1.54, 1.807) is 31.4 Å². The van der Waals surface area contributed by atoms with Crippen molar-refractivity contribution in [2.24, 2.45) is 0 Å². The quantitative estimate of drug-likeness (QED) is 0.786. The summed E-state index contributed by atoms with van der Waals surface area (Å²) in [5, 5.41) is 2.69. The molecule has 1 N–H and O–H groups in total. The van der Waals surface area contributed by atoms with Crippen molar-refractivity contribution >= 4 is 27.8 Å². The third-order valence-corrected chi connectivity index (χ3v) is 3.59. The zero-order valence-corrected chi connectivity index (χ0v) is 14.1. The van der Waals surface area contributed by atoms with Gasteiger partial charge < -0.3 is 14.8 Å². The van der Waals surface area contributed by atoms with Crippen LogP contribution >= 0.6 is 15.9 Å². The van der Waals surface area contributed by atoms with Gasteiger partial charge in [-0.15, -0.1) is 0 Å². The number of halogens is 1. The fraction of sp³-hybridized carbons (Fsp3) is 0.176. The molecule has 0 aliphatic rings. The summed E-state index contributed by atoms with van der Waals surface area (Å²) in [6, 6.07) is 14.1. The molecule has 0 spiro atoms. The van der Waals surface area contributed by atoms with Gasteiger partial charge in [-0.2, -0.15) is 0 Å². The lowest BCUT2D eigenvalue weighted by molar-refractivity contribution is -0.124. The van der Waals surface area contributed by atoms with Crippen LogP contribution in [0.15, 0.2) is 53.0 Å². The number of nitrogens with one attached hydrogen (secondary N) is 1. The predicted octanol–water partition coefficient (Wildman–Crippen LogP) is 2.93. The summed E-state index contributed by atoms with van der Waals surface area (Å²) in [5.74, 6) is -0.255. The number of hydrogen-bond acceptors (Lipinski definition) is 4. The number of methoxy groups -OCH3 is 1. The van der Waals surface area contributed by atoms with Crippen LogP contribution in [0.5, 0.6) is 5.75 Å². The van der Waals surface area contributed by atoms with E-state index in [1.165, 1.54) is 0 Å². The van der Waals surface area contributed by atoms with Gasteiger partial charge in [0.15, 0.2) is 6.61 Å². The molecule has 0 atom stereocenters. The Labute approximate surface area is 142 Å². The lowest BCUT2D eigenvalue weighted by atomic mass is 10.2. The van der Waals surface area contributed by atoms with Crippen LogP contribution in [0.1, 0.15) is 15.9 Å². The lowest BCUT2D eigenvalue weighted by Crippen LogP contribution is -2.28. The fourth-order valence-electron chi connectivity index (χ4n) is 1.80. The highest BCUT2D eigenvalue weighted by Crippen LogP contribution is 2.12. The van der Waals surface area contributed by atoms with E-state index in [0.29, 0.717) is 17.9 Å². The normalized spacial score (nSPS) is 10.0. The zero-order chi connectivity index (χ0) is 16.7. The minimum Gasteiger partial charge on any atom is -0.497 e. The highest BCUT2D eigenvalue weighted by atomic mass is 79.9. The number of carbonyl (C=O) groups is 2. The van der Waals surface area contributed by atoms with Gasteiger partial charge in [-0.25, -0.2) is 4.79 Å². The Morgan fingerprint density at radius 3 is 2.30 bits per heavy atom. The first-order valence-electron chi connectivity index (χ1n) is 6.91. The number of rotatable bonds is 6. The molecular formula is C17H16BrNO4. The van der Waals surface area contributed by atoms with Crippen LogP contribution in [0.3, 0.4) is 0 Å². The molecule has 0 aliphatic heterocycles. The van der Waals surface area contributed by atoms with Crippen LogP contribution in [-0.2, 0) is 16.1 Å². The fourth-order valence-corrected chi connectivity index (χ4v) is 2.06. The number of benzene rings is 2. The molecule has 0 radical (unpaired) electrons. The van der Waals surface area contributed by atoms with E-state index >= 15 is 0 Å². The van der Waals surface area contributed by atoms with Gasteiger partial charge in [0.1, 0.15) is 5.75 Å². The summed E-state index contributed by atoms with van der Waals surface area (Å²) >= 11 is 3.34. The van der Waals surface area contributed by atoms with Gasteiger partial charge in [-0.3, -0.25) is 4.79 Å². The number of hydrogen-bond donors (Lipinski definition) is 1. The van der Waals surface area contributed by atoms with E-state index in [-0.39, 0.29) is 12.5 Å². The Bertz CT molecular complexity index is 668. The second kappa shape index (κ2) is 8.33. The number of carbonyl (C=O) groups excluding carboxylic acids is 2. The van der Waals surface area contributed by atoms with Crippen molar-refractivity contribution in [3.05, 3.63) is 64.1 Å². The molecule has 1 amide bonds. The van der Waals surface area contributed by atoms with Gasteiger partial charge in [-0.1, -0.05) is 28.1 Å². The molecule has 0 unspecified atom stereocenters. The summed E-state index contributed by atoms with van der Waals surface area (Å²) in [6.45, 7) is 0.0631. The van der Waals surface area contributed by atoms with Crippen LogP contribution in [0, 0.1) is 0 Å². The predicted molar refractivity (Wildman–Crippen MR) is 89.3 cm³/mol. The molecule has 0 heterocycles. The monoisotopic (exact) mass is 377 g/mol. The van der Waals surface area contributed by atoms with Gasteiger partial charge in [0.05, 0.1) is 12.7 Å². The number of esters is 1. The molecule has 0 saturated carbocycles. The van der Waals surface area contributed by atoms with Crippen molar-refractivity contribution in [2.75, 3.05) is 13.7 Å². The van der Waals surface area contributed by atoms with Gasteiger partial charge in [0.2, 0.25) is 0 Å². The topological polar surface area (TPSA) is 64.6 Å². The van der Waals surface area contributed by atoms with E-state index in [0.717, 1.165) is 10.0 Å². The van der Waals surface area contributed by atoms with Crippen LogP contribution in [0.4, 0.5) is 0 Å². The van der Waals surface area contributed by atoms with Crippen molar-refractivity contribution in [1.82, 2.24) is 5.32 Å². The van der Waals surface area contributed by atoms with E-state index in [2.05, 4.69) is 21.2 Å². The molecule has 2 rings (SSSR count). The Morgan fingerprint density at radius 1 is 1.04 bits per heavy atom. The average molecular weight is 378 g/mol. The summed E-state index contributed by atoms with van der Waals surface area (Å²) in [6.07, 6.45) is 0. The van der Waals surface area contributed by atoms with Gasteiger partial charge >= 0.3 is 5.97 Å². The minimum absolute atomic E-state index is 0.318. The van der Waals surface area contributed by atoms with E-state index in [4.69, 9.17) is 9.47 Å². The third-order valence-electron chi connectivity index (χ3n) is 3.06. The molecule has 0 aromatic heterocycles. The first-order chi connectivity index (χ1) is 11.1. The Hall–Kier alpha value is -2.34. The Morgan fingerprint density at radius 2 is 1.70 bits per heavy atom. The lowest BCUT2D eigenvalue weighted by Gasteiger charge is -2.07. The van der Waals surface area contributed by atoms with Crippen molar-refractivity contribution in [2.45, 2.75) is 6.54 Å². The summed E-state index contributed by atoms with van der Waals surface area (Å²) in [4.78, 5) is 23.5. The Kier molecular flexibility index (Phi) is 6.17. The largest absolute Gasteiger partial charge is 0.497 e. The first-order valence-corrected chi connectivity index (χ1v) is 7.70. The van der Waals surface area contributed by atoms with E-state index in [9.17, 15) is 9.59 Å². The van der Waals surface area contributed by atoms with Gasteiger partial charge in [-0.05, 0) is 42.0 Å². The molecular weight excluding hydrogens is 362 g/mol. The molecule has 23 heavy (non-hydrogen) atoms. The summed E-state index contributed by atoms with van der Waals surface area (Å²) < 4.78 is 11.0. The molecule has 6 heteroatoms. The summed E-state index contributed by atoms with van der Waals surface area (Å²) in [7, 11) is 1.54. The highest BCUT2D eigenvalue weighted by Gasteiger charge is 2.10. The van der Waals surface area contributed by atoms with Crippen molar-refractivity contribution in [3.63, 3.8) is 0 Å². The Balaban J connectivity index is 1.76. The maximum Gasteiger partial charge on any atom is 0.338 e. The maximum absolute atomic E-state index is 11.8. The number of amides is 1. The van der Waals surface area contributed by atoms with Gasteiger partial charge in [0, 0.05) is 11.0 Å². The smallest absolute Gasteiger partial charge is 0.338 e. The average Bonchev–Trinajstić information content (AvgIpc) is 2.59. The number of ether oxygens (including phenoxy) is 2. The molecule has 0 bridgehead atoms. The minimum atomic E-state index is -0.550. The molecule has 0 saturated heterocycles. The summed E-state index contributed by atoms with van der Waals surface area (Å²) in [5.41, 5.74) is 1.33. The second-order valence-corrected chi connectivity index (χ2v) is 5.62. The molecule has 2 aromatic carbocycles. The van der Waals surface area contributed by atoms with E-state index < -0.39 is 5.97 Å². The van der Waals surface area contributed by atoms with Crippen molar-refractivity contribution in [1.29, 1.82) is 0 Å².